The second kappa shape index (κ2) is 7.61. The van der Waals surface area contributed by atoms with Gasteiger partial charge in [0, 0.05) is 15.8 Å². The number of benzene rings is 2. The summed E-state index contributed by atoms with van der Waals surface area (Å²) < 4.78 is 19.3. The van der Waals surface area contributed by atoms with Gasteiger partial charge in [-0.3, -0.25) is 0 Å². The quantitative estimate of drug-likeness (QED) is 0.728. The molecule has 0 aromatic heterocycles. The number of rotatable bonds is 6. The number of anilines is 1. The van der Waals surface area contributed by atoms with Crippen molar-refractivity contribution < 1.29 is 14.2 Å². The molecular weight excluding hydrogens is 384 g/mol. The Hall–Kier alpha value is -1.34. The first-order chi connectivity index (χ1) is 10.0. The zero-order valence-electron chi connectivity index (χ0n) is 11.6. The third-order valence-corrected chi connectivity index (χ3v) is 3.78. The second-order valence-electron chi connectivity index (χ2n) is 4.79. The highest BCUT2D eigenvalue weighted by molar-refractivity contribution is 14.1. The normalized spacial score (nSPS) is 12.0. The van der Waals surface area contributed by atoms with Crippen LogP contribution >= 0.6 is 22.6 Å². The predicted octanol–water partition coefficient (Wildman–Crippen LogP) is 3.59. The molecule has 2 N–H and O–H groups in total. The number of ether oxygens (including phenoxy) is 1. The molecule has 1 atom stereocenters. The standard InChI is InChI=1S/C16H17FINO2/c1-11-3-2-4-14(7-11)21-10-13(20)9-19-16-6-5-12(17)8-15(16)18/h2-8,13,19-20H,9-10H2,1H3. The Morgan fingerprint density at radius 3 is 2.81 bits per heavy atom. The van der Waals surface area contributed by atoms with Crippen LogP contribution in [0, 0.1) is 16.3 Å². The van der Waals surface area contributed by atoms with Crippen LogP contribution in [0.1, 0.15) is 5.56 Å². The highest BCUT2D eigenvalue weighted by atomic mass is 127. The topological polar surface area (TPSA) is 41.5 Å². The molecular formula is C16H17FINO2. The first-order valence-corrected chi connectivity index (χ1v) is 7.69. The summed E-state index contributed by atoms with van der Waals surface area (Å²) in [6, 6.07) is 12.2. The molecule has 0 bridgehead atoms. The minimum Gasteiger partial charge on any atom is -0.491 e. The maximum Gasteiger partial charge on any atom is 0.124 e. The Balaban J connectivity index is 1.80. The fourth-order valence-corrected chi connectivity index (χ4v) is 2.49. The van der Waals surface area contributed by atoms with E-state index < -0.39 is 6.10 Å². The molecule has 0 radical (unpaired) electrons. The average molecular weight is 401 g/mol. The van der Waals surface area contributed by atoms with Gasteiger partial charge in [-0.25, -0.2) is 4.39 Å². The van der Waals surface area contributed by atoms with Crippen molar-refractivity contribution in [1.82, 2.24) is 0 Å². The van der Waals surface area contributed by atoms with Gasteiger partial charge in [-0.2, -0.15) is 0 Å². The summed E-state index contributed by atoms with van der Waals surface area (Å²) in [5, 5.41) is 13.0. The van der Waals surface area contributed by atoms with Crippen molar-refractivity contribution in [2.24, 2.45) is 0 Å². The average Bonchev–Trinajstić information content (AvgIpc) is 2.44. The van der Waals surface area contributed by atoms with Crippen molar-refractivity contribution in [2.45, 2.75) is 13.0 Å². The number of aliphatic hydroxyl groups excluding tert-OH is 1. The molecule has 0 aliphatic carbocycles. The van der Waals surface area contributed by atoms with Gasteiger partial charge in [0.15, 0.2) is 0 Å². The Morgan fingerprint density at radius 1 is 1.29 bits per heavy atom. The molecule has 112 valence electrons. The molecule has 0 saturated heterocycles. The van der Waals surface area contributed by atoms with E-state index in [0.29, 0.717) is 6.54 Å². The Morgan fingerprint density at radius 2 is 2.10 bits per heavy atom. The number of aryl methyl sites for hydroxylation is 1. The van der Waals surface area contributed by atoms with Crippen molar-refractivity contribution in [1.29, 1.82) is 0 Å². The van der Waals surface area contributed by atoms with E-state index in [-0.39, 0.29) is 12.4 Å². The molecule has 3 nitrogen and oxygen atoms in total. The number of aliphatic hydroxyl groups is 1. The van der Waals surface area contributed by atoms with E-state index in [9.17, 15) is 9.50 Å². The smallest absolute Gasteiger partial charge is 0.124 e. The van der Waals surface area contributed by atoms with Gasteiger partial charge in [-0.1, -0.05) is 12.1 Å². The Kier molecular flexibility index (Phi) is 5.81. The lowest BCUT2D eigenvalue weighted by molar-refractivity contribution is 0.117. The molecule has 0 aliphatic heterocycles. The molecule has 0 fully saturated rings. The molecule has 1 unspecified atom stereocenters. The number of hydrogen-bond acceptors (Lipinski definition) is 3. The largest absolute Gasteiger partial charge is 0.491 e. The Labute approximate surface area is 137 Å². The molecule has 2 rings (SSSR count). The highest BCUT2D eigenvalue weighted by Gasteiger charge is 2.07. The maximum absolute atomic E-state index is 13.0. The molecule has 5 heteroatoms. The van der Waals surface area contributed by atoms with Crippen LogP contribution in [0.25, 0.3) is 0 Å². The summed E-state index contributed by atoms with van der Waals surface area (Å²) in [5.74, 6) is 0.471. The third kappa shape index (κ3) is 5.17. The van der Waals surface area contributed by atoms with Gasteiger partial charge in [0.25, 0.3) is 0 Å². The summed E-state index contributed by atoms with van der Waals surface area (Å²) >= 11 is 2.05. The third-order valence-electron chi connectivity index (χ3n) is 2.89. The van der Waals surface area contributed by atoms with Crippen molar-refractivity contribution in [3.63, 3.8) is 0 Å². The SMILES string of the molecule is Cc1cccc(OCC(O)CNc2ccc(F)cc2I)c1. The maximum atomic E-state index is 13.0. The minimum absolute atomic E-state index is 0.203. The zero-order chi connectivity index (χ0) is 15.2. The summed E-state index contributed by atoms with van der Waals surface area (Å²) in [7, 11) is 0. The summed E-state index contributed by atoms with van der Waals surface area (Å²) in [6.07, 6.45) is -0.647. The van der Waals surface area contributed by atoms with E-state index in [1.54, 1.807) is 6.07 Å². The van der Waals surface area contributed by atoms with Crippen LogP contribution in [0.5, 0.6) is 5.75 Å². The summed E-state index contributed by atoms with van der Waals surface area (Å²) in [6.45, 7) is 2.53. The predicted molar refractivity (Wildman–Crippen MR) is 90.3 cm³/mol. The zero-order valence-corrected chi connectivity index (χ0v) is 13.8. The van der Waals surface area contributed by atoms with E-state index in [4.69, 9.17) is 4.74 Å². The number of halogens is 2. The van der Waals surface area contributed by atoms with Gasteiger partial charge in [-0.15, -0.1) is 0 Å². The minimum atomic E-state index is -0.647. The van der Waals surface area contributed by atoms with Gasteiger partial charge in [0.2, 0.25) is 0 Å². The van der Waals surface area contributed by atoms with E-state index in [2.05, 4.69) is 27.9 Å². The molecule has 2 aromatic carbocycles. The monoisotopic (exact) mass is 401 g/mol. The van der Waals surface area contributed by atoms with Crippen molar-refractivity contribution in [2.75, 3.05) is 18.5 Å². The fraction of sp³-hybridized carbons (Fsp3) is 0.250. The molecule has 0 spiro atoms. The van der Waals surface area contributed by atoms with Crippen LogP contribution in [0.2, 0.25) is 0 Å². The van der Waals surface area contributed by atoms with Crippen LogP contribution in [-0.2, 0) is 0 Å². The van der Waals surface area contributed by atoms with E-state index in [1.807, 2.05) is 31.2 Å². The van der Waals surface area contributed by atoms with Gasteiger partial charge < -0.3 is 15.2 Å². The van der Waals surface area contributed by atoms with E-state index >= 15 is 0 Å². The lowest BCUT2D eigenvalue weighted by Gasteiger charge is -2.15. The second-order valence-corrected chi connectivity index (χ2v) is 5.95. The molecule has 0 saturated carbocycles. The van der Waals surface area contributed by atoms with Crippen LogP contribution < -0.4 is 10.1 Å². The molecule has 0 aliphatic rings. The van der Waals surface area contributed by atoms with Crippen LogP contribution in [-0.4, -0.2) is 24.4 Å². The Bertz CT molecular complexity index is 607. The number of nitrogens with one attached hydrogen (secondary N) is 1. The van der Waals surface area contributed by atoms with Crippen molar-refractivity contribution in [3.05, 3.63) is 57.4 Å². The van der Waals surface area contributed by atoms with Crippen LogP contribution in [0.15, 0.2) is 42.5 Å². The summed E-state index contributed by atoms with van der Waals surface area (Å²) in [5.41, 5.74) is 1.91. The lowest BCUT2D eigenvalue weighted by atomic mass is 10.2. The van der Waals surface area contributed by atoms with Gasteiger partial charge in [0.05, 0.1) is 0 Å². The molecule has 2 aromatic rings. The first kappa shape index (κ1) is 16.0. The van der Waals surface area contributed by atoms with Crippen LogP contribution in [0.3, 0.4) is 0 Å². The van der Waals surface area contributed by atoms with Crippen LogP contribution in [0.4, 0.5) is 10.1 Å². The number of hydrogen-bond donors (Lipinski definition) is 2. The molecule has 21 heavy (non-hydrogen) atoms. The van der Waals surface area contributed by atoms with Gasteiger partial charge in [0.1, 0.15) is 24.3 Å². The summed E-state index contributed by atoms with van der Waals surface area (Å²) in [4.78, 5) is 0. The molecule has 0 heterocycles. The van der Waals surface area contributed by atoms with Gasteiger partial charge in [-0.05, 0) is 65.4 Å². The lowest BCUT2D eigenvalue weighted by Crippen LogP contribution is -2.26. The highest BCUT2D eigenvalue weighted by Crippen LogP contribution is 2.19. The molecule has 0 amide bonds. The van der Waals surface area contributed by atoms with E-state index in [1.165, 1.54) is 12.1 Å². The first-order valence-electron chi connectivity index (χ1n) is 6.61. The van der Waals surface area contributed by atoms with Crippen molar-refractivity contribution >= 4 is 28.3 Å². The van der Waals surface area contributed by atoms with Gasteiger partial charge >= 0.3 is 0 Å². The van der Waals surface area contributed by atoms with Crippen molar-refractivity contribution in [3.8, 4) is 5.75 Å². The fourth-order valence-electron chi connectivity index (χ4n) is 1.82. The van der Waals surface area contributed by atoms with E-state index in [0.717, 1.165) is 20.6 Å².